The van der Waals surface area contributed by atoms with Crippen molar-refractivity contribution in [1.82, 2.24) is 19.7 Å². The molecule has 1 unspecified atom stereocenters. The van der Waals surface area contributed by atoms with Gasteiger partial charge in [-0.05, 0) is 49.2 Å². The number of H-pyrrole nitrogens is 1. The van der Waals surface area contributed by atoms with Crippen LogP contribution in [0, 0.1) is 6.92 Å². The molecule has 0 fully saturated rings. The van der Waals surface area contributed by atoms with Gasteiger partial charge in [-0.3, -0.25) is 14.4 Å². The van der Waals surface area contributed by atoms with Gasteiger partial charge in [0.15, 0.2) is 5.69 Å². The molecule has 0 spiro atoms. The highest BCUT2D eigenvalue weighted by molar-refractivity contribution is 6.11. The van der Waals surface area contributed by atoms with Gasteiger partial charge in [0.1, 0.15) is 12.3 Å². The van der Waals surface area contributed by atoms with Gasteiger partial charge in [-0.25, -0.2) is 4.98 Å². The van der Waals surface area contributed by atoms with Crippen LogP contribution in [-0.4, -0.2) is 38.4 Å². The number of aromatic amines is 1. The van der Waals surface area contributed by atoms with E-state index < -0.39 is 24.7 Å². The zero-order chi connectivity index (χ0) is 24.0. The Morgan fingerprint density at radius 3 is 2.62 bits per heavy atom. The molecule has 0 radical (unpaired) electrons. The van der Waals surface area contributed by atoms with Gasteiger partial charge in [-0.15, -0.1) is 0 Å². The number of fused-ring (bicyclic) bond motifs is 2. The van der Waals surface area contributed by atoms with Gasteiger partial charge in [0.05, 0.1) is 30.0 Å². The Bertz CT molecular complexity index is 1360. The molecule has 3 heterocycles. The number of ether oxygens (including phenoxy) is 1. The maximum atomic E-state index is 13.5. The van der Waals surface area contributed by atoms with Crippen molar-refractivity contribution in [3.8, 4) is 5.75 Å². The highest BCUT2D eigenvalue weighted by Gasteiger charge is 2.44. The molecule has 10 heteroatoms. The molecule has 2 aromatic carbocycles. The van der Waals surface area contributed by atoms with E-state index in [0.29, 0.717) is 34.8 Å². The fourth-order valence-electron chi connectivity index (χ4n) is 4.35. The number of alkyl halides is 3. The number of anilines is 1. The summed E-state index contributed by atoms with van der Waals surface area (Å²) >= 11 is 0. The first-order valence-corrected chi connectivity index (χ1v) is 10.9. The Morgan fingerprint density at radius 1 is 1.15 bits per heavy atom. The quantitative estimate of drug-likeness (QED) is 0.423. The van der Waals surface area contributed by atoms with Gasteiger partial charge in [0, 0.05) is 16.9 Å². The summed E-state index contributed by atoms with van der Waals surface area (Å²) in [5.74, 6) is 0.231. The number of aromatic nitrogens is 4. The van der Waals surface area contributed by atoms with E-state index in [1.54, 1.807) is 42.4 Å². The summed E-state index contributed by atoms with van der Waals surface area (Å²) in [5, 5.41) is 4.08. The van der Waals surface area contributed by atoms with Crippen LogP contribution in [0.3, 0.4) is 0 Å². The first-order valence-electron chi connectivity index (χ1n) is 10.9. The van der Waals surface area contributed by atoms with E-state index >= 15 is 0 Å². The van der Waals surface area contributed by atoms with Crippen LogP contribution in [0.25, 0.3) is 11.0 Å². The fourth-order valence-corrected chi connectivity index (χ4v) is 4.35. The maximum Gasteiger partial charge on any atom is 0.408 e. The van der Waals surface area contributed by atoms with Crippen molar-refractivity contribution in [2.24, 2.45) is 0 Å². The second-order valence-electron chi connectivity index (χ2n) is 8.22. The van der Waals surface area contributed by atoms with Crippen molar-refractivity contribution >= 4 is 22.6 Å². The molecule has 1 amide bonds. The molecule has 0 saturated heterocycles. The third kappa shape index (κ3) is 3.78. The third-order valence-corrected chi connectivity index (χ3v) is 5.89. The number of amides is 1. The van der Waals surface area contributed by atoms with E-state index in [0.717, 1.165) is 22.2 Å². The lowest BCUT2D eigenvalue weighted by atomic mass is 9.98. The predicted molar refractivity (Wildman–Crippen MR) is 120 cm³/mol. The summed E-state index contributed by atoms with van der Waals surface area (Å²) in [5.41, 5.74) is 3.62. The topological polar surface area (TPSA) is 76.0 Å². The highest BCUT2D eigenvalue weighted by atomic mass is 19.4. The predicted octanol–water partition coefficient (Wildman–Crippen LogP) is 5.17. The van der Waals surface area contributed by atoms with Crippen LogP contribution in [0.5, 0.6) is 5.75 Å². The molecule has 4 aromatic rings. The summed E-state index contributed by atoms with van der Waals surface area (Å²) < 4.78 is 45.9. The van der Waals surface area contributed by atoms with E-state index in [-0.39, 0.29) is 5.69 Å². The molecule has 2 aromatic heterocycles. The SMILES string of the molecule is CCCOc1ccc(C2c3c(nn(CC(F)(F)F)c3C)C(=O)N2c2ccc3[nH]cnc3c2)cc1. The molecule has 0 saturated carbocycles. The van der Waals surface area contributed by atoms with Crippen molar-refractivity contribution in [2.75, 3.05) is 11.5 Å². The fraction of sp³-hybridized carbons (Fsp3) is 0.292. The number of benzene rings is 2. The third-order valence-electron chi connectivity index (χ3n) is 5.89. The summed E-state index contributed by atoms with van der Waals surface area (Å²) in [6.45, 7) is 2.89. The monoisotopic (exact) mass is 469 g/mol. The lowest BCUT2D eigenvalue weighted by Crippen LogP contribution is -2.30. The minimum atomic E-state index is -4.45. The number of hydrogen-bond acceptors (Lipinski definition) is 4. The van der Waals surface area contributed by atoms with Crippen LogP contribution in [-0.2, 0) is 6.54 Å². The molecular formula is C24H22F3N5O2. The molecule has 1 aliphatic rings. The van der Waals surface area contributed by atoms with E-state index in [1.165, 1.54) is 0 Å². The Kier molecular flexibility index (Phi) is 5.30. The maximum absolute atomic E-state index is 13.5. The molecule has 0 aliphatic carbocycles. The molecule has 176 valence electrons. The lowest BCUT2D eigenvalue weighted by Gasteiger charge is -2.27. The molecule has 0 bridgehead atoms. The van der Waals surface area contributed by atoms with E-state index in [9.17, 15) is 18.0 Å². The number of carbonyl (C=O) groups is 1. The normalized spacial score (nSPS) is 15.9. The van der Waals surface area contributed by atoms with Crippen molar-refractivity contribution in [1.29, 1.82) is 0 Å². The summed E-state index contributed by atoms with van der Waals surface area (Å²) in [7, 11) is 0. The largest absolute Gasteiger partial charge is 0.494 e. The Balaban J connectivity index is 1.62. The number of imidazole rings is 1. The van der Waals surface area contributed by atoms with Gasteiger partial charge in [-0.1, -0.05) is 19.1 Å². The van der Waals surface area contributed by atoms with Gasteiger partial charge in [0.25, 0.3) is 5.91 Å². The van der Waals surface area contributed by atoms with Crippen LogP contribution < -0.4 is 9.64 Å². The van der Waals surface area contributed by atoms with E-state index in [1.807, 2.05) is 25.1 Å². The summed E-state index contributed by atoms with van der Waals surface area (Å²) in [6, 6.07) is 12.0. The van der Waals surface area contributed by atoms with Crippen molar-refractivity contribution in [3.63, 3.8) is 0 Å². The number of hydrogen-bond donors (Lipinski definition) is 1. The molecule has 34 heavy (non-hydrogen) atoms. The number of carbonyl (C=O) groups excluding carboxylic acids is 1. The van der Waals surface area contributed by atoms with Crippen LogP contribution in [0.15, 0.2) is 48.8 Å². The molecule has 5 rings (SSSR count). The standard InChI is InChI=1S/C24H22F3N5O2/c1-3-10-34-17-7-4-15(5-8-17)22-20-14(2)31(12-24(25,26)27)30-21(20)23(33)32(22)16-6-9-18-19(11-16)29-13-28-18/h4-9,11,13,22H,3,10,12H2,1-2H3,(H,28,29). The highest BCUT2D eigenvalue weighted by Crippen LogP contribution is 2.44. The summed E-state index contributed by atoms with van der Waals surface area (Å²) in [4.78, 5) is 22.4. The van der Waals surface area contributed by atoms with Crippen LogP contribution in [0.2, 0.25) is 0 Å². The minimum absolute atomic E-state index is 0.0279. The average Bonchev–Trinajstić information content (AvgIpc) is 3.46. The number of nitrogens with one attached hydrogen (secondary N) is 1. The molecule has 1 N–H and O–H groups in total. The zero-order valence-corrected chi connectivity index (χ0v) is 18.6. The molecule has 7 nitrogen and oxygen atoms in total. The molecule has 1 atom stereocenters. The Labute approximate surface area is 193 Å². The second-order valence-corrected chi connectivity index (χ2v) is 8.22. The van der Waals surface area contributed by atoms with E-state index in [2.05, 4.69) is 15.1 Å². The van der Waals surface area contributed by atoms with Gasteiger partial charge in [-0.2, -0.15) is 18.3 Å². The first kappa shape index (κ1) is 22.0. The van der Waals surface area contributed by atoms with E-state index in [4.69, 9.17) is 4.74 Å². The summed E-state index contributed by atoms with van der Waals surface area (Å²) in [6.07, 6.45) is -2.03. The average molecular weight is 469 g/mol. The minimum Gasteiger partial charge on any atom is -0.494 e. The van der Waals surface area contributed by atoms with Crippen LogP contribution in [0.4, 0.5) is 18.9 Å². The molecule has 1 aliphatic heterocycles. The molecular weight excluding hydrogens is 447 g/mol. The van der Waals surface area contributed by atoms with Gasteiger partial charge in [0.2, 0.25) is 0 Å². The van der Waals surface area contributed by atoms with Crippen molar-refractivity contribution < 1.29 is 22.7 Å². The van der Waals surface area contributed by atoms with Crippen LogP contribution in [0.1, 0.15) is 46.7 Å². The number of rotatable bonds is 6. The van der Waals surface area contributed by atoms with Crippen molar-refractivity contribution in [2.45, 2.75) is 39.0 Å². The zero-order valence-electron chi connectivity index (χ0n) is 18.6. The number of halogens is 3. The van der Waals surface area contributed by atoms with Crippen molar-refractivity contribution in [3.05, 3.63) is 71.3 Å². The lowest BCUT2D eigenvalue weighted by molar-refractivity contribution is -0.143. The van der Waals surface area contributed by atoms with Crippen LogP contribution >= 0.6 is 0 Å². The second kappa shape index (κ2) is 8.19. The smallest absolute Gasteiger partial charge is 0.408 e. The Morgan fingerprint density at radius 2 is 1.91 bits per heavy atom. The van der Waals surface area contributed by atoms with Gasteiger partial charge >= 0.3 is 6.18 Å². The first-order chi connectivity index (χ1) is 16.3. The Hall–Kier alpha value is -3.82. The number of nitrogens with zero attached hydrogens (tertiary/aromatic N) is 4. The van der Waals surface area contributed by atoms with Gasteiger partial charge < -0.3 is 9.72 Å².